The maximum absolute atomic E-state index is 10.5. The largest absolute Gasteiger partial charge is 0.417 e. The summed E-state index contributed by atoms with van der Waals surface area (Å²) in [6.45, 7) is -0.0748. The summed E-state index contributed by atoms with van der Waals surface area (Å²) < 4.78 is 10.5. The molecular weight excluding hydrogens is 201 g/mol. The third-order valence-corrected chi connectivity index (χ3v) is 2.67. The van der Waals surface area contributed by atoms with Crippen molar-refractivity contribution >= 4 is 22.0 Å². The zero-order valence-electron chi connectivity index (χ0n) is 5.80. The topological polar surface area (TPSA) is 20.3 Å². The maximum atomic E-state index is 10.5. The van der Waals surface area contributed by atoms with Gasteiger partial charge in [-0.2, -0.15) is 0 Å². The summed E-state index contributed by atoms with van der Waals surface area (Å²) in [4.78, 5) is 2.09. The molecule has 2 nitrogen and oxygen atoms in total. The van der Waals surface area contributed by atoms with Gasteiger partial charge < -0.3 is 4.90 Å². The Labute approximate surface area is 65.1 Å². The Hall–Kier alpha value is 0.540. The maximum Gasteiger partial charge on any atom is 0.417 e. The van der Waals surface area contributed by atoms with Gasteiger partial charge in [0, 0.05) is 13.0 Å². The molecule has 0 heterocycles. The highest BCUT2D eigenvalue weighted by Crippen LogP contribution is 2.29. The molecule has 0 spiro atoms. The molecule has 0 fully saturated rings. The van der Waals surface area contributed by atoms with Crippen molar-refractivity contribution in [3.8, 4) is 0 Å². The fourth-order valence-corrected chi connectivity index (χ4v) is 1.65. The van der Waals surface area contributed by atoms with Gasteiger partial charge in [-0.3, -0.25) is 0 Å². The van der Waals surface area contributed by atoms with Gasteiger partial charge in [-0.05, 0) is 14.1 Å². The van der Waals surface area contributed by atoms with Gasteiger partial charge in [0.2, 0.25) is 0 Å². The van der Waals surface area contributed by atoms with E-state index in [1.807, 2.05) is 14.1 Å². The molecule has 0 saturated carbocycles. The third-order valence-electron chi connectivity index (χ3n) is 0.939. The number of nitrogens with zero attached hydrogens (tertiary/aromatic N) is 1. The van der Waals surface area contributed by atoms with E-state index in [4.69, 9.17) is 0 Å². The Morgan fingerprint density at radius 2 is 2.11 bits per heavy atom. The van der Waals surface area contributed by atoms with Crippen molar-refractivity contribution in [2.75, 3.05) is 26.8 Å². The van der Waals surface area contributed by atoms with Gasteiger partial charge in [0.25, 0.3) is 15.5 Å². The zero-order valence-corrected chi connectivity index (χ0v) is 8.28. The molecule has 4 heteroatoms. The van der Waals surface area contributed by atoms with Crippen molar-refractivity contribution in [1.29, 1.82) is 0 Å². The fourth-order valence-electron chi connectivity index (χ4n) is 0.511. The van der Waals surface area contributed by atoms with Crippen LogP contribution in [-0.4, -0.2) is 31.7 Å². The molecule has 0 aromatic carbocycles. The monoisotopic (exact) mass is 212 g/mol. The van der Waals surface area contributed by atoms with Crippen LogP contribution in [0.25, 0.3) is 0 Å². The second-order valence-electron chi connectivity index (χ2n) is 2.20. The van der Waals surface area contributed by atoms with Crippen LogP contribution in [0.5, 0.6) is 0 Å². The lowest BCUT2D eigenvalue weighted by atomic mass is 10.5. The summed E-state index contributed by atoms with van der Waals surface area (Å²) in [5, 5.41) is 0. The van der Waals surface area contributed by atoms with Crippen LogP contribution >= 0.6 is 22.0 Å². The SMILES string of the molecule is CN(C)CCC[P+](=O)Br. The van der Waals surface area contributed by atoms with Gasteiger partial charge in [0.05, 0.1) is 0 Å². The van der Waals surface area contributed by atoms with E-state index in [9.17, 15) is 4.57 Å². The molecule has 0 aliphatic heterocycles. The van der Waals surface area contributed by atoms with Crippen LogP contribution < -0.4 is 0 Å². The van der Waals surface area contributed by atoms with E-state index < -0.39 is 6.50 Å². The van der Waals surface area contributed by atoms with Crippen molar-refractivity contribution in [3.63, 3.8) is 0 Å². The van der Waals surface area contributed by atoms with E-state index in [1.165, 1.54) is 0 Å². The van der Waals surface area contributed by atoms with Gasteiger partial charge >= 0.3 is 6.50 Å². The molecule has 0 rings (SSSR count). The molecule has 0 N–H and O–H groups in total. The Balaban J connectivity index is 3.01. The highest BCUT2D eigenvalue weighted by atomic mass is 79.9. The quantitative estimate of drug-likeness (QED) is 0.666. The molecule has 1 unspecified atom stereocenters. The lowest BCUT2D eigenvalue weighted by Crippen LogP contribution is -2.13. The Bertz CT molecular complexity index is 97.0. The van der Waals surface area contributed by atoms with Crippen LogP contribution in [0.15, 0.2) is 0 Å². The second-order valence-corrected chi connectivity index (χ2v) is 5.65. The van der Waals surface area contributed by atoms with Gasteiger partial charge in [-0.15, -0.1) is 0 Å². The van der Waals surface area contributed by atoms with Crippen LogP contribution in [0.1, 0.15) is 6.42 Å². The van der Waals surface area contributed by atoms with Gasteiger partial charge in [-0.1, -0.05) is 4.57 Å². The highest BCUT2D eigenvalue weighted by molar-refractivity contribution is 9.37. The number of hydrogen-bond acceptors (Lipinski definition) is 2. The number of rotatable bonds is 4. The van der Waals surface area contributed by atoms with Crippen LogP contribution in [0.2, 0.25) is 0 Å². The summed E-state index contributed by atoms with van der Waals surface area (Å²) >= 11 is 3.02. The lowest BCUT2D eigenvalue weighted by Gasteiger charge is -2.04. The van der Waals surface area contributed by atoms with E-state index in [-0.39, 0.29) is 0 Å². The minimum Gasteiger partial charge on any atom is -0.309 e. The summed E-state index contributed by atoms with van der Waals surface area (Å²) in [5.41, 5.74) is 0. The van der Waals surface area contributed by atoms with Crippen LogP contribution in [0, 0.1) is 0 Å². The molecule has 0 aromatic rings. The van der Waals surface area contributed by atoms with Crippen molar-refractivity contribution in [1.82, 2.24) is 4.90 Å². The van der Waals surface area contributed by atoms with Crippen molar-refractivity contribution in [2.24, 2.45) is 0 Å². The number of hydrogen-bond donors (Lipinski definition) is 0. The van der Waals surface area contributed by atoms with Crippen molar-refractivity contribution < 1.29 is 4.57 Å². The Morgan fingerprint density at radius 1 is 1.56 bits per heavy atom. The fraction of sp³-hybridized carbons (Fsp3) is 1.00. The Morgan fingerprint density at radius 3 is 2.44 bits per heavy atom. The first kappa shape index (κ1) is 9.54. The van der Waals surface area contributed by atoms with Crippen LogP contribution in [-0.2, 0) is 4.57 Å². The van der Waals surface area contributed by atoms with E-state index >= 15 is 0 Å². The standard InChI is InChI=1S/C5H12BrNOP/c1-7(2)4-3-5-9(6)8/h3-5H2,1-2H3/q+1. The van der Waals surface area contributed by atoms with E-state index in [1.54, 1.807) is 0 Å². The summed E-state index contributed by atoms with van der Waals surface area (Å²) in [7, 11) is 4.03. The van der Waals surface area contributed by atoms with Gasteiger partial charge in [-0.25, -0.2) is 0 Å². The van der Waals surface area contributed by atoms with E-state index in [0.717, 1.165) is 19.1 Å². The van der Waals surface area contributed by atoms with Crippen LogP contribution in [0.3, 0.4) is 0 Å². The first-order valence-corrected chi connectivity index (χ1v) is 6.34. The molecule has 0 bridgehead atoms. The molecular formula is C5H12BrNOP+. The predicted octanol–water partition coefficient (Wildman–Crippen LogP) is 2.08. The van der Waals surface area contributed by atoms with Crippen molar-refractivity contribution in [2.45, 2.75) is 6.42 Å². The average Bonchev–Trinajstić information content (AvgIpc) is 1.63. The summed E-state index contributed by atoms with van der Waals surface area (Å²) in [6.07, 6.45) is 1.79. The minimum absolute atomic E-state index is 0.785. The molecule has 0 aliphatic rings. The first-order valence-electron chi connectivity index (χ1n) is 2.88. The number of halogens is 1. The summed E-state index contributed by atoms with van der Waals surface area (Å²) in [5.74, 6) is 0. The summed E-state index contributed by atoms with van der Waals surface area (Å²) in [6, 6.07) is 0. The molecule has 54 valence electrons. The van der Waals surface area contributed by atoms with E-state index in [0.29, 0.717) is 0 Å². The molecule has 0 amide bonds. The highest BCUT2D eigenvalue weighted by Gasteiger charge is 2.07. The third kappa shape index (κ3) is 8.54. The molecule has 1 atom stereocenters. The first-order chi connectivity index (χ1) is 4.13. The zero-order chi connectivity index (χ0) is 7.28. The van der Waals surface area contributed by atoms with Gasteiger partial charge in [0.15, 0.2) is 6.16 Å². The van der Waals surface area contributed by atoms with E-state index in [2.05, 4.69) is 20.4 Å². The predicted molar refractivity (Wildman–Crippen MR) is 44.6 cm³/mol. The average molecular weight is 213 g/mol. The molecule has 0 radical (unpaired) electrons. The van der Waals surface area contributed by atoms with Crippen molar-refractivity contribution in [3.05, 3.63) is 0 Å². The smallest absolute Gasteiger partial charge is 0.309 e. The molecule has 0 saturated heterocycles. The molecule has 9 heavy (non-hydrogen) atoms. The Kier molecular flexibility index (Phi) is 5.65. The normalized spacial score (nSPS) is 12.2. The minimum atomic E-state index is -1.10. The second kappa shape index (κ2) is 5.33. The molecule has 0 aromatic heterocycles. The lowest BCUT2D eigenvalue weighted by molar-refractivity contribution is 0.409. The molecule has 0 aliphatic carbocycles. The van der Waals surface area contributed by atoms with Crippen LogP contribution in [0.4, 0.5) is 0 Å². The van der Waals surface area contributed by atoms with Gasteiger partial charge in [0.1, 0.15) is 0 Å².